The van der Waals surface area contributed by atoms with Crippen molar-refractivity contribution in [1.29, 1.82) is 0 Å². The molecular weight excluding hydrogens is 530 g/mol. The van der Waals surface area contributed by atoms with Crippen molar-refractivity contribution in [3.8, 4) is 39.1 Å². The highest BCUT2D eigenvalue weighted by Gasteiger charge is 2.13. The van der Waals surface area contributed by atoms with Gasteiger partial charge in [0.2, 0.25) is 0 Å². The lowest BCUT2D eigenvalue weighted by Gasteiger charge is -2.09. The Labute approximate surface area is 258 Å². The molecule has 0 spiro atoms. The Morgan fingerprint density at radius 3 is 1.59 bits per heavy atom. The second-order valence-corrected chi connectivity index (χ2v) is 11.4. The van der Waals surface area contributed by atoms with Crippen LogP contribution in [0, 0.1) is 0 Å². The minimum atomic E-state index is 0.914. The Balaban J connectivity index is 1.06. The van der Waals surface area contributed by atoms with Gasteiger partial charge in [-0.2, -0.15) is 0 Å². The molecule has 44 heavy (non-hydrogen) atoms. The van der Waals surface area contributed by atoms with Gasteiger partial charge in [0.15, 0.2) is 0 Å². The van der Waals surface area contributed by atoms with Crippen LogP contribution in [0.4, 0.5) is 0 Å². The largest absolute Gasteiger partial charge is 0.309 e. The zero-order chi connectivity index (χ0) is 29.3. The zero-order valence-electron chi connectivity index (χ0n) is 24.4. The predicted octanol–water partition coefficient (Wildman–Crippen LogP) is 11.4. The molecule has 1 heteroatoms. The molecule has 8 rings (SSSR count). The van der Waals surface area contributed by atoms with Gasteiger partial charge in [0, 0.05) is 16.5 Å². The molecule has 1 heterocycles. The summed E-state index contributed by atoms with van der Waals surface area (Å²) < 4.78 is 2.36. The molecular formula is C43H31N. The fourth-order valence-corrected chi connectivity index (χ4v) is 6.41. The lowest BCUT2D eigenvalue weighted by Crippen LogP contribution is -1.92. The van der Waals surface area contributed by atoms with Crippen LogP contribution in [-0.2, 0) is 6.42 Å². The van der Waals surface area contributed by atoms with Crippen LogP contribution in [0.3, 0.4) is 0 Å². The Morgan fingerprint density at radius 2 is 0.841 bits per heavy atom. The third kappa shape index (κ3) is 4.89. The third-order valence-electron chi connectivity index (χ3n) is 8.63. The Hall–Kier alpha value is -5.66. The molecule has 0 atom stereocenters. The maximum atomic E-state index is 2.36. The molecule has 0 fully saturated rings. The fourth-order valence-electron chi connectivity index (χ4n) is 6.41. The summed E-state index contributed by atoms with van der Waals surface area (Å²) >= 11 is 0. The van der Waals surface area contributed by atoms with E-state index in [1.165, 1.54) is 72.0 Å². The highest BCUT2D eigenvalue weighted by atomic mass is 15.0. The third-order valence-corrected chi connectivity index (χ3v) is 8.63. The van der Waals surface area contributed by atoms with E-state index < -0.39 is 0 Å². The second kappa shape index (κ2) is 11.2. The molecule has 0 unspecified atom stereocenters. The van der Waals surface area contributed by atoms with Crippen molar-refractivity contribution in [1.82, 2.24) is 4.57 Å². The van der Waals surface area contributed by atoms with Crippen LogP contribution in [0.25, 0.3) is 60.9 Å². The summed E-state index contributed by atoms with van der Waals surface area (Å²) in [6.45, 7) is 0. The van der Waals surface area contributed by atoms with Crippen molar-refractivity contribution >= 4 is 21.8 Å². The van der Waals surface area contributed by atoms with Gasteiger partial charge < -0.3 is 4.57 Å². The quantitative estimate of drug-likeness (QED) is 0.190. The standard InChI is InChI=1S/C43H31N/c1-3-11-33(12-4-1)34-20-18-31(19-21-34)28-32-10-9-13-37(29-32)35-22-24-36(25-23-35)38-26-27-43-41(30-38)40-16-7-8-17-42(40)44(43)39-14-5-2-6-15-39/h1-27,29-30H,28H2. The first-order chi connectivity index (χ1) is 21.8. The normalized spacial score (nSPS) is 11.3. The molecule has 0 bridgehead atoms. The highest BCUT2D eigenvalue weighted by molar-refractivity contribution is 6.10. The maximum absolute atomic E-state index is 2.36. The summed E-state index contributed by atoms with van der Waals surface area (Å²) in [7, 11) is 0. The van der Waals surface area contributed by atoms with Crippen LogP contribution in [0.15, 0.2) is 176 Å². The minimum absolute atomic E-state index is 0.914. The summed E-state index contributed by atoms with van der Waals surface area (Å²) in [6.07, 6.45) is 0.914. The number of aromatic nitrogens is 1. The van der Waals surface area contributed by atoms with E-state index in [0.29, 0.717) is 0 Å². The molecule has 1 aromatic heterocycles. The average molecular weight is 562 g/mol. The molecule has 0 aliphatic rings. The van der Waals surface area contributed by atoms with Crippen molar-refractivity contribution in [2.24, 2.45) is 0 Å². The number of rotatable bonds is 6. The average Bonchev–Trinajstić information content (AvgIpc) is 3.43. The monoisotopic (exact) mass is 561 g/mol. The lowest BCUT2D eigenvalue weighted by atomic mass is 9.96. The number of fused-ring (bicyclic) bond motifs is 3. The maximum Gasteiger partial charge on any atom is 0.0541 e. The first-order valence-corrected chi connectivity index (χ1v) is 15.2. The zero-order valence-corrected chi connectivity index (χ0v) is 24.4. The van der Waals surface area contributed by atoms with E-state index in [-0.39, 0.29) is 0 Å². The highest BCUT2D eigenvalue weighted by Crippen LogP contribution is 2.35. The van der Waals surface area contributed by atoms with Crippen LogP contribution in [0.1, 0.15) is 11.1 Å². The van der Waals surface area contributed by atoms with Gasteiger partial charge in [0.1, 0.15) is 0 Å². The summed E-state index contributed by atoms with van der Waals surface area (Å²) in [5, 5.41) is 2.55. The summed E-state index contributed by atoms with van der Waals surface area (Å²) in [4.78, 5) is 0. The van der Waals surface area contributed by atoms with Gasteiger partial charge >= 0.3 is 0 Å². The van der Waals surface area contributed by atoms with E-state index in [2.05, 4.69) is 180 Å². The van der Waals surface area contributed by atoms with Crippen molar-refractivity contribution in [2.75, 3.05) is 0 Å². The summed E-state index contributed by atoms with van der Waals surface area (Å²) in [6, 6.07) is 63.6. The van der Waals surface area contributed by atoms with E-state index in [0.717, 1.165) is 6.42 Å². The van der Waals surface area contributed by atoms with E-state index in [1.54, 1.807) is 0 Å². The SMILES string of the molecule is c1ccc(-c2ccc(Cc3cccc(-c4ccc(-c5ccc6c(c5)c5ccccc5n6-c5ccccc5)cc4)c3)cc2)cc1. The molecule has 8 aromatic rings. The van der Waals surface area contributed by atoms with Crippen LogP contribution in [0.5, 0.6) is 0 Å². The predicted molar refractivity (Wildman–Crippen MR) is 186 cm³/mol. The second-order valence-electron chi connectivity index (χ2n) is 11.4. The van der Waals surface area contributed by atoms with Gasteiger partial charge in [-0.25, -0.2) is 0 Å². The summed E-state index contributed by atoms with van der Waals surface area (Å²) in [5.74, 6) is 0. The van der Waals surface area contributed by atoms with E-state index in [9.17, 15) is 0 Å². The van der Waals surface area contributed by atoms with Crippen molar-refractivity contribution < 1.29 is 0 Å². The smallest absolute Gasteiger partial charge is 0.0541 e. The molecule has 0 N–H and O–H groups in total. The first kappa shape index (κ1) is 26.0. The fraction of sp³-hybridized carbons (Fsp3) is 0.0233. The van der Waals surface area contributed by atoms with Crippen molar-refractivity contribution in [3.63, 3.8) is 0 Å². The van der Waals surface area contributed by atoms with Crippen LogP contribution in [0.2, 0.25) is 0 Å². The molecule has 0 saturated carbocycles. The number of benzene rings is 7. The van der Waals surface area contributed by atoms with Gasteiger partial charge in [0.05, 0.1) is 11.0 Å². The molecule has 7 aromatic carbocycles. The van der Waals surface area contributed by atoms with Crippen molar-refractivity contribution in [3.05, 3.63) is 187 Å². The molecule has 0 saturated heterocycles. The van der Waals surface area contributed by atoms with E-state index in [4.69, 9.17) is 0 Å². The van der Waals surface area contributed by atoms with Gasteiger partial charge in [-0.3, -0.25) is 0 Å². The van der Waals surface area contributed by atoms with Crippen LogP contribution >= 0.6 is 0 Å². The minimum Gasteiger partial charge on any atom is -0.309 e. The number of hydrogen-bond donors (Lipinski definition) is 0. The Bertz CT molecular complexity index is 2210. The lowest BCUT2D eigenvalue weighted by molar-refractivity contribution is 1.18. The summed E-state index contributed by atoms with van der Waals surface area (Å²) in [5.41, 5.74) is 13.7. The van der Waals surface area contributed by atoms with Crippen LogP contribution in [-0.4, -0.2) is 4.57 Å². The van der Waals surface area contributed by atoms with E-state index >= 15 is 0 Å². The molecule has 0 amide bonds. The molecule has 0 radical (unpaired) electrons. The van der Waals surface area contributed by atoms with Gasteiger partial charge in [-0.05, 0) is 81.3 Å². The van der Waals surface area contributed by atoms with Gasteiger partial charge in [0.25, 0.3) is 0 Å². The number of nitrogens with zero attached hydrogens (tertiary/aromatic N) is 1. The first-order valence-electron chi connectivity index (χ1n) is 15.2. The van der Waals surface area contributed by atoms with E-state index in [1.807, 2.05) is 0 Å². The Morgan fingerprint density at radius 1 is 0.318 bits per heavy atom. The topological polar surface area (TPSA) is 4.93 Å². The van der Waals surface area contributed by atoms with Gasteiger partial charge in [-0.1, -0.05) is 146 Å². The number of para-hydroxylation sites is 2. The molecule has 208 valence electrons. The molecule has 0 aliphatic carbocycles. The van der Waals surface area contributed by atoms with Crippen LogP contribution < -0.4 is 0 Å². The Kier molecular flexibility index (Phi) is 6.62. The van der Waals surface area contributed by atoms with Gasteiger partial charge in [-0.15, -0.1) is 0 Å². The number of hydrogen-bond acceptors (Lipinski definition) is 0. The molecule has 1 nitrogen and oxygen atoms in total. The van der Waals surface area contributed by atoms with Crippen molar-refractivity contribution in [2.45, 2.75) is 6.42 Å². The molecule has 0 aliphatic heterocycles.